The number of carbonyl (C=O) groups is 1. The SMILES string of the molecule is O=C(c1cccs1)N1CCCC2(COCCN(c3cccnc3)C2)C1. The van der Waals surface area contributed by atoms with Crippen LogP contribution in [-0.2, 0) is 4.74 Å². The van der Waals surface area contributed by atoms with Crippen LogP contribution in [0.15, 0.2) is 42.0 Å². The number of hydrogen-bond donors (Lipinski definition) is 0. The number of piperidine rings is 1. The average Bonchev–Trinajstić information content (AvgIpc) is 3.12. The molecule has 2 saturated heterocycles. The van der Waals surface area contributed by atoms with E-state index < -0.39 is 0 Å². The second-order valence-corrected chi connectivity index (χ2v) is 7.94. The van der Waals surface area contributed by atoms with Gasteiger partial charge in [-0.1, -0.05) is 6.07 Å². The van der Waals surface area contributed by atoms with Crippen molar-refractivity contribution >= 4 is 22.9 Å². The minimum Gasteiger partial charge on any atom is -0.379 e. The number of nitrogens with zero attached hydrogens (tertiary/aromatic N) is 3. The van der Waals surface area contributed by atoms with Gasteiger partial charge in [-0.25, -0.2) is 0 Å². The maximum absolute atomic E-state index is 12.8. The Labute approximate surface area is 152 Å². The molecule has 2 aromatic rings. The lowest BCUT2D eigenvalue weighted by Crippen LogP contribution is -2.52. The zero-order valence-corrected chi connectivity index (χ0v) is 15.1. The fourth-order valence-electron chi connectivity index (χ4n) is 3.94. The van der Waals surface area contributed by atoms with Crippen LogP contribution in [0, 0.1) is 5.41 Å². The summed E-state index contributed by atoms with van der Waals surface area (Å²) in [5.74, 6) is 0.159. The molecule has 5 nitrogen and oxygen atoms in total. The number of ether oxygens (including phenoxy) is 1. The normalized spacial score (nSPS) is 24.3. The van der Waals surface area contributed by atoms with Crippen molar-refractivity contribution in [2.75, 3.05) is 44.3 Å². The lowest BCUT2D eigenvalue weighted by Gasteiger charge is -2.43. The molecule has 0 aromatic carbocycles. The molecule has 6 heteroatoms. The summed E-state index contributed by atoms with van der Waals surface area (Å²) < 4.78 is 5.96. The topological polar surface area (TPSA) is 45.7 Å². The molecule has 0 aliphatic carbocycles. The third kappa shape index (κ3) is 3.55. The van der Waals surface area contributed by atoms with E-state index in [4.69, 9.17) is 4.74 Å². The van der Waals surface area contributed by atoms with Crippen molar-refractivity contribution < 1.29 is 9.53 Å². The van der Waals surface area contributed by atoms with E-state index in [1.54, 1.807) is 6.20 Å². The number of amides is 1. The first-order valence-corrected chi connectivity index (χ1v) is 9.69. The largest absolute Gasteiger partial charge is 0.379 e. The highest BCUT2D eigenvalue weighted by Gasteiger charge is 2.40. The van der Waals surface area contributed by atoms with Gasteiger partial charge in [-0.3, -0.25) is 9.78 Å². The van der Waals surface area contributed by atoms with Gasteiger partial charge in [0.2, 0.25) is 0 Å². The maximum atomic E-state index is 12.8. The summed E-state index contributed by atoms with van der Waals surface area (Å²) in [6.07, 6.45) is 5.84. The van der Waals surface area contributed by atoms with E-state index >= 15 is 0 Å². The molecule has 1 atom stereocenters. The van der Waals surface area contributed by atoms with E-state index in [-0.39, 0.29) is 11.3 Å². The van der Waals surface area contributed by atoms with E-state index in [1.807, 2.05) is 34.7 Å². The minimum absolute atomic E-state index is 0.00247. The summed E-state index contributed by atoms with van der Waals surface area (Å²) in [6, 6.07) is 7.93. The van der Waals surface area contributed by atoms with Gasteiger partial charge in [0, 0.05) is 37.8 Å². The Morgan fingerprint density at radius 3 is 3.00 bits per heavy atom. The van der Waals surface area contributed by atoms with Crippen LogP contribution in [-0.4, -0.2) is 55.2 Å². The summed E-state index contributed by atoms with van der Waals surface area (Å²) in [4.78, 5) is 22.3. The molecule has 0 saturated carbocycles. The van der Waals surface area contributed by atoms with Gasteiger partial charge in [-0.05, 0) is 36.4 Å². The van der Waals surface area contributed by atoms with Crippen molar-refractivity contribution in [1.29, 1.82) is 0 Å². The number of carbonyl (C=O) groups excluding carboxylic acids is 1. The van der Waals surface area contributed by atoms with Crippen LogP contribution in [0.2, 0.25) is 0 Å². The van der Waals surface area contributed by atoms with E-state index in [0.717, 1.165) is 62.8 Å². The fourth-order valence-corrected chi connectivity index (χ4v) is 4.63. The number of anilines is 1. The van der Waals surface area contributed by atoms with E-state index in [1.165, 1.54) is 11.3 Å². The quantitative estimate of drug-likeness (QED) is 0.829. The molecule has 132 valence electrons. The highest BCUT2D eigenvalue weighted by Crippen LogP contribution is 2.35. The highest BCUT2D eigenvalue weighted by atomic mass is 32.1. The zero-order valence-electron chi connectivity index (χ0n) is 14.3. The molecule has 25 heavy (non-hydrogen) atoms. The first kappa shape index (κ1) is 16.5. The molecule has 1 spiro atoms. The monoisotopic (exact) mass is 357 g/mol. The van der Waals surface area contributed by atoms with Crippen molar-refractivity contribution in [3.8, 4) is 0 Å². The predicted octanol–water partition coefficient (Wildman–Crippen LogP) is 2.90. The molecule has 0 bridgehead atoms. The van der Waals surface area contributed by atoms with Gasteiger partial charge in [0.05, 0.1) is 30.0 Å². The van der Waals surface area contributed by atoms with Crippen molar-refractivity contribution in [1.82, 2.24) is 9.88 Å². The molecule has 1 amide bonds. The molecule has 0 N–H and O–H groups in total. The Morgan fingerprint density at radius 1 is 1.24 bits per heavy atom. The minimum atomic E-state index is -0.00247. The van der Waals surface area contributed by atoms with Crippen LogP contribution < -0.4 is 4.90 Å². The smallest absolute Gasteiger partial charge is 0.263 e. The molecule has 4 heterocycles. The third-order valence-electron chi connectivity index (χ3n) is 5.13. The zero-order chi connectivity index (χ0) is 17.1. The Hall–Kier alpha value is -1.92. The Bertz CT molecular complexity index is 707. The van der Waals surface area contributed by atoms with E-state index in [9.17, 15) is 4.79 Å². The molecular weight excluding hydrogens is 334 g/mol. The van der Waals surface area contributed by atoms with Crippen LogP contribution in [0.25, 0.3) is 0 Å². The Balaban J connectivity index is 1.53. The second kappa shape index (κ2) is 7.14. The number of thiophene rings is 1. The fraction of sp³-hybridized carbons (Fsp3) is 0.474. The van der Waals surface area contributed by atoms with Crippen LogP contribution >= 0.6 is 11.3 Å². The van der Waals surface area contributed by atoms with Crippen LogP contribution in [0.1, 0.15) is 22.5 Å². The Kier molecular flexibility index (Phi) is 4.72. The molecule has 2 aliphatic heterocycles. The molecule has 4 rings (SSSR count). The lowest BCUT2D eigenvalue weighted by molar-refractivity contribution is 0.0137. The van der Waals surface area contributed by atoms with Gasteiger partial charge in [-0.15, -0.1) is 11.3 Å². The lowest BCUT2D eigenvalue weighted by atomic mass is 9.80. The van der Waals surface area contributed by atoms with Crippen molar-refractivity contribution in [2.24, 2.45) is 5.41 Å². The van der Waals surface area contributed by atoms with Crippen LogP contribution in [0.3, 0.4) is 0 Å². The van der Waals surface area contributed by atoms with Gasteiger partial charge in [-0.2, -0.15) is 0 Å². The van der Waals surface area contributed by atoms with E-state index in [0.29, 0.717) is 0 Å². The summed E-state index contributed by atoms with van der Waals surface area (Å²) in [5, 5.41) is 1.96. The molecular formula is C19H23N3O2S. The van der Waals surface area contributed by atoms with Crippen LogP contribution in [0.4, 0.5) is 5.69 Å². The summed E-state index contributed by atoms with van der Waals surface area (Å²) in [6.45, 7) is 4.82. The molecule has 2 fully saturated rings. The summed E-state index contributed by atoms with van der Waals surface area (Å²) in [5.41, 5.74) is 1.13. The number of aromatic nitrogens is 1. The van der Waals surface area contributed by atoms with Gasteiger partial charge in [0.15, 0.2) is 0 Å². The number of pyridine rings is 1. The maximum Gasteiger partial charge on any atom is 0.263 e. The van der Waals surface area contributed by atoms with E-state index in [2.05, 4.69) is 16.0 Å². The summed E-state index contributed by atoms with van der Waals surface area (Å²) >= 11 is 1.52. The second-order valence-electron chi connectivity index (χ2n) is 6.99. The predicted molar refractivity (Wildman–Crippen MR) is 99.2 cm³/mol. The Morgan fingerprint density at radius 2 is 2.20 bits per heavy atom. The number of likely N-dealkylation sites (tertiary alicyclic amines) is 1. The molecule has 2 aromatic heterocycles. The van der Waals surface area contributed by atoms with Crippen molar-refractivity contribution in [2.45, 2.75) is 12.8 Å². The van der Waals surface area contributed by atoms with Gasteiger partial charge >= 0.3 is 0 Å². The number of hydrogen-bond acceptors (Lipinski definition) is 5. The van der Waals surface area contributed by atoms with Crippen molar-refractivity contribution in [3.63, 3.8) is 0 Å². The third-order valence-corrected chi connectivity index (χ3v) is 5.99. The number of rotatable bonds is 2. The van der Waals surface area contributed by atoms with Crippen molar-refractivity contribution in [3.05, 3.63) is 46.9 Å². The molecule has 1 unspecified atom stereocenters. The van der Waals surface area contributed by atoms with Crippen LogP contribution in [0.5, 0.6) is 0 Å². The first-order valence-electron chi connectivity index (χ1n) is 8.81. The standard InChI is InChI=1S/C19H23N3O2S/c23-18(17-5-2-11-25-17)22-8-3-6-19(14-22)13-21(9-10-24-15-19)16-4-1-7-20-12-16/h1-2,4-5,7,11-12H,3,6,8-10,13-15H2. The molecule has 0 radical (unpaired) electrons. The highest BCUT2D eigenvalue weighted by molar-refractivity contribution is 7.12. The van der Waals surface area contributed by atoms with Gasteiger partial charge < -0.3 is 14.5 Å². The summed E-state index contributed by atoms with van der Waals surface area (Å²) in [7, 11) is 0. The first-order chi connectivity index (χ1) is 12.3. The molecule has 2 aliphatic rings. The van der Waals surface area contributed by atoms with Gasteiger partial charge in [0.25, 0.3) is 5.91 Å². The van der Waals surface area contributed by atoms with Gasteiger partial charge in [0.1, 0.15) is 0 Å². The average molecular weight is 357 g/mol.